The number of fused-ring (bicyclic) bond motifs is 1. The highest BCUT2D eigenvalue weighted by molar-refractivity contribution is 7.17. The molecule has 3 heterocycles. The van der Waals surface area contributed by atoms with Gasteiger partial charge in [0, 0.05) is 28.8 Å². The number of nitrogens with two attached hydrogens (primary N) is 1. The van der Waals surface area contributed by atoms with Crippen LogP contribution in [0.2, 0.25) is 0 Å². The number of rotatable bonds is 7. The van der Waals surface area contributed by atoms with Crippen LogP contribution in [0, 0.1) is 0 Å². The Morgan fingerprint density at radius 3 is 2.85 bits per heavy atom. The first-order chi connectivity index (χ1) is 16.0. The summed E-state index contributed by atoms with van der Waals surface area (Å²) in [6, 6.07) is 7.33. The van der Waals surface area contributed by atoms with E-state index >= 15 is 0 Å². The number of hydrogen-bond donors (Lipinski definition) is 2. The summed E-state index contributed by atoms with van der Waals surface area (Å²) in [6.45, 7) is 4.25. The zero-order valence-corrected chi connectivity index (χ0v) is 19.6. The highest BCUT2D eigenvalue weighted by Crippen LogP contribution is 2.33. The van der Waals surface area contributed by atoms with Gasteiger partial charge in [-0.25, -0.2) is 9.78 Å². The Bertz CT molecular complexity index is 1150. The number of piperidine rings is 1. The van der Waals surface area contributed by atoms with Crippen molar-refractivity contribution in [2.24, 2.45) is 0 Å². The quantitative estimate of drug-likeness (QED) is 0.512. The standard InChI is InChI=1S/C24H28N4O4S/c1-3-31-24(30)19-12-26-22(25)20-16(14-33-21(19)20)13-32-18-6-4-5-15(11-18)23(29)27-17-7-9-28(2)10-8-17/h4-6,11-12,14,17H,3,7-10,13H2,1-2H3,(H2,25,26)(H,27,29). The molecular weight excluding hydrogens is 440 g/mol. The highest BCUT2D eigenvalue weighted by Gasteiger charge is 2.20. The van der Waals surface area contributed by atoms with Gasteiger partial charge in [-0.2, -0.15) is 0 Å². The third-order valence-electron chi connectivity index (χ3n) is 5.74. The van der Waals surface area contributed by atoms with Crippen LogP contribution in [0.4, 0.5) is 5.82 Å². The molecule has 0 unspecified atom stereocenters. The third-order valence-corrected chi connectivity index (χ3v) is 6.80. The molecule has 0 radical (unpaired) electrons. The first kappa shape index (κ1) is 23.0. The molecule has 1 aliphatic rings. The molecule has 3 aromatic rings. The lowest BCUT2D eigenvalue weighted by molar-refractivity contribution is 0.0528. The van der Waals surface area contributed by atoms with Gasteiger partial charge in [0.2, 0.25) is 0 Å². The van der Waals surface area contributed by atoms with Crippen LogP contribution in [0.3, 0.4) is 0 Å². The number of ether oxygens (including phenoxy) is 2. The number of carbonyl (C=O) groups is 2. The summed E-state index contributed by atoms with van der Waals surface area (Å²) in [6.07, 6.45) is 3.35. The summed E-state index contributed by atoms with van der Waals surface area (Å²) in [5.74, 6) is 0.402. The zero-order valence-electron chi connectivity index (χ0n) is 18.8. The number of benzene rings is 1. The fourth-order valence-corrected chi connectivity index (χ4v) is 4.96. The predicted molar refractivity (Wildman–Crippen MR) is 129 cm³/mol. The van der Waals surface area contributed by atoms with E-state index in [2.05, 4.69) is 22.2 Å². The summed E-state index contributed by atoms with van der Waals surface area (Å²) in [4.78, 5) is 31.4. The second-order valence-corrected chi connectivity index (χ2v) is 8.99. The van der Waals surface area contributed by atoms with E-state index in [9.17, 15) is 9.59 Å². The molecule has 1 aliphatic heterocycles. The molecular formula is C24H28N4O4S. The van der Waals surface area contributed by atoms with E-state index in [1.54, 1.807) is 25.1 Å². The van der Waals surface area contributed by atoms with Crippen molar-refractivity contribution in [3.05, 3.63) is 52.5 Å². The van der Waals surface area contributed by atoms with Crippen molar-refractivity contribution < 1.29 is 19.1 Å². The van der Waals surface area contributed by atoms with Gasteiger partial charge in [-0.05, 0) is 63.5 Å². The fourth-order valence-electron chi connectivity index (χ4n) is 3.90. The zero-order chi connectivity index (χ0) is 23.4. The van der Waals surface area contributed by atoms with E-state index in [1.807, 2.05) is 11.4 Å². The molecule has 174 valence electrons. The topological polar surface area (TPSA) is 107 Å². The lowest BCUT2D eigenvalue weighted by Gasteiger charge is -2.29. The summed E-state index contributed by atoms with van der Waals surface area (Å²) >= 11 is 1.40. The number of esters is 1. The Labute approximate surface area is 196 Å². The number of hydrogen-bond acceptors (Lipinski definition) is 8. The fraction of sp³-hybridized carbons (Fsp3) is 0.375. The molecule has 4 rings (SSSR count). The minimum absolute atomic E-state index is 0.0940. The second kappa shape index (κ2) is 10.2. The molecule has 0 spiro atoms. The van der Waals surface area contributed by atoms with E-state index in [1.165, 1.54) is 17.5 Å². The predicted octanol–water partition coefficient (Wildman–Crippen LogP) is 3.46. The van der Waals surface area contributed by atoms with Gasteiger partial charge in [-0.3, -0.25) is 4.79 Å². The smallest absolute Gasteiger partial charge is 0.341 e. The molecule has 0 aliphatic carbocycles. The number of nitrogen functional groups attached to an aromatic ring is 1. The van der Waals surface area contributed by atoms with Gasteiger partial charge in [0.25, 0.3) is 5.91 Å². The maximum Gasteiger partial charge on any atom is 0.341 e. The molecule has 9 heteroatoms. The molecule has 1 amide bonds. The molecule has 3 N–H and O–H groups in total. The number of nitrogens with one attached hydrogen (secondary N) is 1. The van der Waals surface area contributed by atoms with Gasteiger partial charge >= 0.3 is 5.97 Å². The van der Waals surface area contributed by atoms with Crippen LogP contribution < -0.4 is 15.8 Å². The van der Waals surface area contributed by atoms with Crippen molar-refractivity contribution in [3.8, 4) is 5.75 Å². The van der Waals surface area contributed by atoms with Crippen molar-refractivity contribution in [1.82, 2.24) is 15.2 Å². The first-order valence-corrected chi connectivity index (χ1v) is 11.9. The number of amides is 1. The Hall–Kier alpha value is -3.17. The molecule has 8 nitrogen and oxygen atoms in total. The molecule has 1 saturated heterocycles. The minimum Gasteiger partial charge on any atom is -0.489 e. The van der Waals surface area contributed by atoms with E-state index in [0.717, 1.165) is 36.2 Å². The van der Waals surface area contributed by atoms with Crippen LogP contribution in [0.15, 0.2) is 35.8 Å². The number of nitrogens with zero attached hydrogens (tertiary/aromatic N) is 2. The van der Waals surface area contributed by atoms with Crippen LogP contribution in [0.1, 0.15) is 46.0 Å². The lowest BCUT2D eigenvalue weighted by Crippen LogP contribution is -2.43. The Kier molecular flexibility index (Phi) is 7.10. The van der Waals surface area contributed by atoms with Crippen molar-refractivity contribution in [2.75, 3.05) is 32.5 Å². The molecule has 1 fully saturated rings. The largest absolute Gasteiger partial charge is 0.489 e. The average Bonchev–Trinajstić information content (AvgIpc) is 3.24. The molecule has 2 aromatic heterocycles. The van der Waals surface area contributed by atoms with Gasteiger partial charge in [0.05, 0.1) is 16.9 Å². The number of pyridine rings is 1. The van der Waals surface area contributed by atoms with E-state index < -0.39 is 5.97 Å². The van der Waals surface area contributed by atoms with Crippen molar-refractivity contribution in [3.63, 3.8) is 0 Å². The van der Waals surface area contributed by atoms with Crippen LogP contribution in [0.25, 0.3) is 10.1 Å². The maximum absolute atomic E-state index is 12.7. The average molecular weight is 469 g/mol. The van der Waals surface area contributed by atoms with Crippen LogP contribution >= 0.6 is 11.3 Å². The summed E-state index contributed by atoms with van der Waals surface area (Å²) < 4.78 is 11.8. The number of carbonyl (C=O) groups excluding carboxylic acids is 2. The second-order valence-electron chi connectivity index (χ2n) is 8.11. The molecule has 0 bridgehead atoms. The normalized spacial score (nSPS) is 14.8. The Morgan fingerprint density at radius 1 is 1.30 bits per heavy atom. The van der Waals surface area contributed by atoms with Crippen LogP contribution in [0.5, 0.6) is 5.75 Å². The monoisotopic (exact) mass is 468 g/mol. The van der Waals surface area contributed by atoms with Crippen LogP contribution in [-0.2, 0) is 11.3 Å². The molecule has 33 heavy (non-hydrogen) atoms. The summed E-state index contributed by atoms with van der Waals surface area (Å²) in [5.41, 5.74) is 7.89. The first-order valence-electron chi connectivity index (χ1n) is 11.0. The number of likely N-dealkylation sites (tertiary alicyclic amines) is 1. The SMILES string of the molecule is CCOC(=O)c1cnc(N)c2c(COc3cccc(C(=O)NC4CCN(C)CC4)c3)csc12. The number of anilines is 1. The summed E-state index contributed by atoms with van der Waals surface area (Å²) in [7, 11) is 2.09. The Balaban J connectivity index is 1.46. The summed E-state index contributed by atoms with van der Waals surface area (Å²) in [5, 5.41) is 5.72. The van der Waals surface area contributed by atoms with Crippen molar-refractivity contribution in [1.29, 1.82) is 0 Å². The lowest BCUT2D eigenvalue weighted by atomic mass is 10.0. The number of thiophene rings is 1. The Morgan fingerprint density at radius 2 is 2.09 bits per heavy atom. The molecule has 0 saturated carbocycles. The van der Waals surface area contributed by atoms with Gasteiger partial charge in [-0.15, -0.1) is 11.3 Å². The van der Waals surface area contributed by atoms with Gasteiger partial charge in [0.1, 0.15) is 18.2 Å². The molecule has 1 aromatic carbocycles. The van der Waals surface area contributed by atoms with Crippen molar-refractivity contribution >= 4 is 39.1 Å². The minimum atomic E-state index is -0.423. The van der Waals surface area contributed by atoms with E-state index in [4.69, 9.17) is 15.2 Å². The van der Waals surface area contributed by atoms with Gasteiger partial charge < -0.3 is 25.4 Å². The van der Waals surface area contributed by atoms with Crippen LogP contribution in [-0.4, -0.2) is 54.5 Å². The maximum atomic E-state index is 12.7. The van der Waals surface area contributed by atoms with E-state index in [0.29, 0.717) is 28.1 Å². The third kappa shape index (κ3) is 5.26. The van der Waals surface area contributed by atoms with Gasteiger partial charge in [0.15, 0.2) is 0 Å². The van der Waals surface area contributed by atoms with Crippen molar-refractivity contribution in [2.45, 2.75) is 32.4 Å². The highest BCUT2D eigenvalue weighted by atomic mass is 32.1. The molecule has 0 atom stereocenters. The van der Waals surface area contributed by atoms with E-state index in [-0.39, 0.29) is 25.2 Å². The van der Waals surface area contributed by atoms with Gasteiger partial charge in [-0.1, -0.05) is 6.07 Å². The number of aromatic nitrogens is 1.